The Morgan fingerprint density at radius 3 is 2.72 bits per heavy atom. The van der Waals surface area contributed by atoms with Crippen LogP contribution in [0.3, 0.4) is 0 Å². The molecule has 0 bridgehead atoms. The largest absolute Gasteiger partial charge is 0.448 e. The van der Waals surface area contributed by atoms with Crippen molar-refractivity contribution in [2.45, 2.75) is 25.0 Å². The molecule has 6 heteroatoms. The van der Waals surface area contributed by atoms with Gasteiger partial charge in [0, 0.05) is 25.9 Å². The molecule has 0 radical (unpaired) electrons. The second-order valence-electron chi connectivity index (χ2n) is 4.91. The SMILES string of the molecule is O=C1NCC2(CCN(Cc3ccc(Cl)o3)CC2)O1. The Morgan fingerprint density at radius 2 is 2.17 bits per heavy atom. The van der Waals surface area contributed by atoms with Gasteiger partial charge in [0.15, 0.2) is 5.22 Å². The first kappa shape index (κ1) is 11.9. The maximum atomic E-state index is 11.1. The third-order valence-corrected chi connectivity index (χ3v) is 3.84. The minimum atomic E-state index is -0.290. The number of carbonyl (C=O) groups excluding carboxylic acids is 1. The van der Waals surface area contributed by atoms with Crippen LogP contribution in [0, 0.1) is 0 Å². The molecule has 0 atom stereocenters. The number of amides is 1. The van der Waals surface area contributed by atoms with Crippen molar-refractivity contribution in [3.8, 4) is 0 Å². The van der Waals surface area contributed by atoms with Gasteiger partial charge in [0.25, 0.3) is 0 Å². The van der Waals surface area contributed by atoms with Crippen molar-refractivity contribution >= 4 is 17.7 Å². The normalized spacial score (nSPS) is 23.1. The minimum absolute atomic E-state index is 0.283. The van der Waals surface area contributed by atoms with Gasteiger partial charge in [-0.3, -0.25) is 4.90 Å². The van der Waals surface area contributed by atoms with Crippen LogP contribution >= 0.6 is 11.6 Å². The van der Waals surface area contributed by atoms with E-state index in [4.69, 9.17) is 20.8 Å². The van der Waals surface area contributed by atoms with Crippen molar-refractivity contribution in [2.75, 3.05) is 19.6 Å². The van der Waals surface area contributed by atoms with E-state index in [0.29, 0.717) is 11.8 Å². The summed E-state index contributed by atoms with van der Waals surface area (Å²) in [6.45, 7) is 3.18. The molecule has 0 unspecified atom stereocenters. The topological polar surface area (TPSA) is 54.7 Å². The van der Waals surface area contributed by atoms with Gasteiger partial charge < -0.3 is 14.5 Å². The molecule has 0 aliphatic carbocycles. The molecule has 0 saturated carbocycles. The van der Waals surface area contributed by atoms with Gasteiger partial charge in [-0.05, 0) is 23.7 Å². The Labute approximate surface area is 110 Å². The van der Waals surface area contributed by atoms with E-state index >= 15 is 0 Å². The van der Waals surface area contributed by atoms with Crippen molar-refractivity contribution in [1.29, 1.82) is 0 Å². The van der Waals surface area contributed by atoms with Crippen LogP contribution in [0.25, 0.3) is 0 Å². The maximum absolute atomic E-state index is 11.1. The molecule has 1 aromatic rings. The first-order valence-corrected chi connectivity index (χ1v) is 6.46. The zero-order chi connectivity index (χ0) is 12.6. The van der Waals surface area contributed by atoms with E-state index in [1.807, 2.05) is 6.07 Å². The Hall–Kier alpha value is -1.20. The van der Waals surface area contributed by atoms with E-state index in [0.717, 1.165) is 38.2 Å². The highest BCUT2D eigenvalue weighted by atomic mass is 35.5. The van der Waals surface area contributed by atoms with E-state index in [-0.39, 0.29) is 11.7 Å². The average Bonchev–Trinajstić information content (AvgIpc) is 2.90. The van der Waals surface area contributed by atoms with Crippen molar-refractivity contribution in [1.82, 2.24) is 10.2 Å². The van der Waals surface area contributed by atoms with E-state index < -0.39 is 0 Å². The number of nitrogens with one attached hydrogen (secondary N) is 1. The summed E-state index contributed by atoms with van der Waals surface area (Å²) in [5, 5.41) is 3.16. The highest BCUT2D eigenvalue weighted by Crippen LogP contribution is 2.30. The van der Waals surface area contributed by atoms with Crippen LogP contribution in [0.5, 0.6) is 0 Å². The molecule has 0 aromatic carbocycles. The third-order valence-electron chi connectivity index (χ3n) is 3.64. The fourth-order valence-corrected chi connectivity index (χ4v) is 2.72. The molecule has 1 N–H and O–H groups in total. The summed E-state index contributed by atoms with van der Waals surface area (Å²) in [5.41, 5.74) is -0.283. The smallest absolute Gasteiger partial charge is 0.407 e. The Balaban J connectivity index is 1.55. The number of ether oxygens (including phenoxy) is 1. The summed E-state index contributed by atoms with van der Waals surface area (Å²) in [7, 11) is 0. The molecule has 2 fully saturated rings. The van der Waals surface area contributed by atoms with Crippen LogP contribution < -0.4 is 5.32 Å². The monoisotopic (exact) mass is 270 g/mol. The van der Waals surface area contributed by atoms with Crippen LogP contribution in [-0.2, 0) is 11.3 Å². The predicted molar refractivity (Wildman–Crippen MR) is 65.4 cm³/mol. The van der Waals surface area contributed by atoms with E-state index in [1.54, 1.807) is 6.07 Å². The van der Waals surface area contributed by atoms with Gasteiger partial charge in [0.1, 0.15) is 11.4 Å². The van der Waals surface area contributed by atoms with E-state index in [2.05, 4.69) is 10.2 Å². The fourth-order valence-electron chi connectivity index (χ4n) is 2.56. The first-order chi connectivity index (χ1) is 8.65. The standard InChI is InChI=1S/C12H15ClN2O3/c13-10-2-1-9(17-10)7-15-5-3-12(4-6-15)8-14-11(16)18-12/h1-2H,3-8H2,(H,14,16). The molecule has 1 spiro atoms. The highest BCUT2D eigenvalue weighted by molar-refractivity contribution is 6.28. The van der Waals surface area contributed by atoms with Crippen LogP contribution in [0.15, 0.2) is 16.5 Å². The number of rotatable bonds is 2. The molecule has 18 heavy (non-hydrogen) atoms. The lowest BCUT2D eigenvalue weighted by atomic mass is 9.91. The molecule has 5 nitrogen and oxygen atoms in total. The minimum Gasteiger partial charge on any atom is -0.448 e. The van der Waals surface area contributed by atoms with Crippen molar-refractivity contribution in [3.63, 3.8) is 0 Å². The third kappa shape index (κ3) is 2.33. The predicted octanol–water partition coefficient (Wildman–Crippen LogP) is 2.01. The average molecular weight is 271 g/mol. The molecular weight excluding hydrogens is 256 g/mol. The molecule has 1 amide bonds. The van der Waals surface area contributed by atoms with Crippen LogP contribution in [0.2, 0.25) is 5.22 Å². The van der Waals surface area contributed by atoms with Crippen LogP contribution in [0.4, 0.5) is 4.79 Å². The summed E-state index contributed by atoms with van der Waals surface area (Å²) < 4.78 is 10.7. The van der Waals surface area contributed by atoms with Crippen molar-refractivity contribution in [3.05, 3.63) is 23.1 Å². The Bertz CT molecular complexity index is 452. The highest BCUT2D eigenvalue weighted by Gasteiger charge is 2.42. The lowest BCUT2D eigenvalue weighted by Crippen LogP contribution is -2.46. The number of nitrogens with zero attached hydrogens (tertiary/aromatic N) is 1. The molecule has 1 aromatic heterocycles. The summed E-state index contributed by atoms with van der Waals surface area (Å²) >= 11 is 5.74. The molecule has 2 aliphatic rings. The maximum Gasteiger partial charge on any atom is 0.407 e. The second kappa shape index (κ2) is 4.48. The lowest BCUT2D eigenvalue weighted by molar-refractivity contribution is -0.00237. The summed E-state index contributed by atoms with van der Waals surface area (Å²) in [4.78, 5) is 13.4. The summed E-state index contributed by atoms with van der Waals surface area (Å²) in [5.74, 6) is 0.873. The summed E-state index contributed by atoms with van der Waals surface area (Å²) in [6, 6.07) is 3.65. The number of likely N-dealkylation sites (tertiary alicyclic amines) is 1. The zero-order valence-electron chi connectivity index (χ0n) is 9.95. The number of hydrogen-bond donors (Lipinski definition) is 1. The fraction of sp³-hybridized carbons (Fsp3) is 0.583. The van der Waals surface area contributed by atoms with Gasteiger partial charge in [-0.1, -0.05) is 0 Å². The number of furan rings is 1. The number of alkyl carbamates (subject to hydrolysis) is 1. The van der Waals surface area contributed by atoms with Crippen molar-refractivity contribution < 1.29 is 13.9 Å². The molecule has 3 heterocycles. The van der Waals surface area contributed by atoms with E-state index in [9.17, 15) is 4.79 Å². The molecular formula is C12H15ClN2O3. The van der Waals surface area contributed by atoms with Gasteiger partial charge in [-0.25, -0.2) is 4.79 Å². The molecule has 2 saturated heterocycles. The summed E-state index contributed by atoms with van der Waals surface area (Å²) in [6.07, 6.45) is 1.43. The number of piperidine rings is 1. The van der Waals surface area contributed by atoms with Gasteiger partial charge in [0.05, 0.1) is 13.1 Å². The Morgan fingerprint density at radius 1 is 1.39 bits per heavy atom. The number of carbonyl (C=O) groups is 1. The quantitative estimate of drug-likeness (QED) is 0.893. The van der Waals surface area contributed by atoms with Gasteiger partial charge in [0.2, 0.25) is 0 Å². The van der Waals surface area contributed by atoms with Crippen LogP contribution in [0.1, 0.15) is 18.6 Å². The zero-order valence-corrected chi connectivity index (χ0v) is 10.7. The lowest BCUT2D eigenvalue weighted by Gasteiger charge is -2.36. The van der Waals surface area contributed by atoms with Gasteiger partial charge in [-0.2, -0.15) is 0 Å². The molecule has 3 rings (SSSR count). The number of hydrogen-bond acceptors (Lipinski definition) is 4. The number of halogens is 1. The second-order valence-corrected chi connectivity index (χ2v) is 5.28. The van der Waals surface area contributed by atoms with Gasteiger partial charge in [-0.15, -0.1) is 0 Å². The Kier molecular flexibility index (Phi) is 2.95. The van der Waals surface area contributed by atoms with Crippen molar-refractivity contribution in [2.24, 2.45) is 0 Å². The molecule has 2 aliphatic heterocycles. The first-order valence-electron chi connectivity index (χ1n) is 6.09. The van der Waals surface area contributed by atoms with Gasteiger partial charge >= 0.3 is 6.09 Å². The molecule has 98 valence electrons. The van der Waals surface area contributed by atoms with E-state index in [1.165, 1.54) is 0 Å². The van der Waals surface area contributed by atoms with Crippen LogP contribution in [-0.4, -0.2) is 36.2 Å².